The number of carbonyl (C=O) groups is 2. The highest BCUT2D eigenvalue weighted by atomic mass is 16.2. The number of aryl methyl sites for hydroxylation is 2. The van der Waals surface area contributed by atoms with Crippen molar-refractivity contribution in [2.24, 2.45) is 18.9 Å². The van der Waals surface area contributed by atoms with Gasteiger partial charge in [0.2, 0.25) is 11.8 Å². The summed E-state index contributed by atoms with van der Waals surface area (Å²) in [5, 5.41) is 7.51. The molecular weight excluding hydrogens is 364 g/mol. The molecule has 1 aromatic rings. The molecule has 1 aliphatic heterocycles. The van der Waals surface area contributed by atoms with Crippen LogP contribution in [0.3, 0.4) is 0 Å². The van der Waals surface area contributed by atoms with Crippen LogP contribution >= 0.6 is 0 Å². The SMILES string of the molecule is Cc1nn(C)c(C)c1CCNC(=O)CC1CCN(C(=O)CC2CCCCC2)CC1. The molecule has 2 fully saturated rings. The number of piperidine rings is 1. The first-order valence-corrected chi connectivity index (χ1v) is 11.5. The van der Waals surface area contributed by atoms with Gasteiger partial charge in [-0.2, -0.15) is 5.10 Å². The number of hydrogen-bond donors (Lipinski definition) is 1. The number of rotatable bonds is 7. The van der Waals surface area contributed by atoms with Crippen molar-refractivity contribution in [3.63, 3.8) is 0 Å². The quantitative estimate of drug-likeness (QED) is 0.761. The summed E-state index contributed by atoms with van der Waals surface area (Å²) in [6, 6.07) is 0. The number of nitrogens with one attached hydrogen (secondary N) is 1. The zero-order chi connectivity index (χ0) is 20.8. The molecule has 1 N–H and O–H groups in total. The standard InChI is InChI=1S/C23H38N4O2/c1-17-21(18(2)26(3)25-17)9-12-24-22(28)15-20-10-13-27(14-11-20)23(29)16-19-7-5-4-6-8-19/h19-20H,4-16H2,1-3H3,(H,24,28). The zero-order valence-corrected chi connectivity index (χ0v) is 18.5. The van der Waals surface area contributed by atoms with Gasteiger partial charge in [0, 0.05) is 45.2 Å². The second kappa shape index (κ2) is 10.3. The molecule has 2 amide bonds. The van der Waals surface area contributed by atoms with Crippen LogP contribution in [-0.2, 0) is 23.1 Å². The molecule has 0 radical (unpaired) electrons. The molecule has 2 aliphatic rings. The third kappa shape index (κ3) is 6.06. The van der Waals surface area contributed by atoms with Crippen molar-refractivity contribution in [2.75, 3.05) is 19.6 Å². The van der Waals surface area contributed by atoms with Crippen molar-refractivity contribution in [3.8, 4) is 0 Å². The highest BCUT2D eigenvalue weighted by molar-refractivity contribution is 5.77. The minimum Gasteiger partial charge on any atom is -0.356 e. The van der Waals surface area contributed by atoms with E-state index in [-0.39, 0.29) is 5.91 Å². The first kappa shape index (κ1) is 21.8. The summed E-state index contributed by atoms with van der Waals surface area (Å²) in [5.41, 5.74) is 3.45. The lowest BCUT2D eigenvalue weighted by atomic mass is 9.86. The maximum atomic E-state index is 12.6. The Kier molecular flexibility index (Phi) is 7.73. The van der Waals surface area contributed by atoms with Gasteiger partial charge in [-0.25, -0.2) is 0 Å². The Morgan fingerprint density at radius 3 is 2.28 bits per heavy atom. The zero-order valence-electron chi connectivity index (χ0n) is 18.5. The topological polar surface area (TPSA) is 67.2 Å². The van der Waals surface area contributed by atoms with E-state index in [9.17, 15) is 9.59 Å². The third-order valence-electron chi connectivity index (χ3n) is 6.99. The van der Waals surface area contributed by atoms with E-state index in [1.807, 2.05) is 23.6 Å². The van der Waals surface area contributed by atoms with E-state index in [2.05, 4.69) is 17.3 Å². The summed E-state index contributed by atoms with van der Waals surface area (Å²) < 4.78 is 1.90. The smallest absolute Gasteiger partial charge is 0.222 e. The minimum atomic E-state index is 0.135. The monoisotopic (exact) mass is 402 g/mol. The van der Waals surface area contributed by atoms with Crippen LogP contribution in [0.4, 0.5) is 0 Å². The van der Waals surface area contributed by atoms with E-state index < -0.39 is 0 Å². The summed E-state index contributed by atoms with van der Waals surface area (Å²) in [5.74, 6) is 1.47. The molecule has 0 bridgehead atoms. The number of amides is 2. The second-order valence-electron chi connectivity index (χ2n) is 9.11. The van der Waals surface area contributed by atoms with E-state index in [0.717, 1.165) is 44.5 Å². The highest BCUT2D eigenvalue weighted by Gasteiger charge is 2.26. The van der Waals surface area contributed by atoms with Crippen LogP contribution in [0.15, 0.2) is 0 Å². The van der Waals surface area contributed by atoms with Crippen molar-refractivity contribution < 1.29 is 9.59 Å². The van der Waals surface area contributed by atoms with Gasteiger partial charge in [-0.15, -0.1) is 0 Å². The number of carbonyl (C=O) groups excluding carboxylic acids is 2. The Hall–Kier alpha value is -1.85. The van der Waals surface area contributed by atoms with Crippen LogP contribution in [0.2, 0.25) is 0 Å². The molecule has 6 heteroatoms. The van der Waals surface area contributed by atoms with Crippen LogP contribution < -0.4 is 5.32 Å². The number of likely N-dealkylation sites (tertiary alicyclic amines) is 1. The largest absolute Gasteiger partial charge is 0.356 e. The van der Waals surface area contributed by atoms with Gasteiger partial charge in [-0.05, 0) is 63.4 Å². The predicted octanol–water partition coefficient (Wildman–Crippen LogP) is 3.29. The molecule has 1 aliphatic carbocycles. The third-order valence-corrected chi connectivity index (χ3v) is 6.99. The van der Waals surface area contributed by atoms with Crippen molar-refractivity contribution in [2.45, 2.75) is 78.1 Å². The Labute approximate surface area is 175 Å². The van der Waals surface area contributed by atoms with E-state index in [4.69, 9.17) is 0 Å². The predicted molar refractivity (Wildman–Crippen MR) is 115 cm³/mol. The average molecular weight is 403 g/mol. The van der Waals surface area contributed by atoms with E-state index in [1.165, 1.54) is 43.4 Å². The van der Waals surface area contributed by atoms with E-state index in [0.29, 0.717) is 30.7 Å². The summed E-state index contributed by atoms with van der Waals surface area (Å²) in [7, 11) is 1.96. The molecule has 1 saturated carbocycles. The maximum absolute atomic E-state index is 12.6. The van der Waals surface area contributed by atoms with Crippen molar-refractivity contribution in [1.29, 1.82) is 0 Å². The lowest BCUT2D eigenvalue weighted by Crippen LogP contribution is -2.40. The van der Waals surface area contributed by atoms with Crippen LogP contribution in [-0.4, -0.2) is 46.1 Å². The Bertz CT molecular complexity index is 698. The van der Waals surface area contributed by atoms with Gasteiger partial charge in [0.25, 0.3) is 0 Å². The summed E-state index contributed by atoms with van der Waals surface area (Å²) in [4.78, 5) is 26.9. The van der Waals surface area contributed by atoms with Crippen LogP contribution in [0, 0.1) is 25.7 Å². The molecule has 6 nitrogen and oxygen atoms in total. The summed E-state index contributed by atoms with van der Waals surface area (Å²) in [6.45, 7) is 6.38. The number of hydrogen-bond acceptors (Lipinski definition) is 3. The summed E-state index contributed by atoms with van der Waals surface area (Å²) in [6.07, 6.45) is 10.4. The molecule has 1 saturated heterocycles. The molecule has 3 rings (SSSR count). The number of aromatic nitrogens is 2. The maximum Gasteiger partial charge on any atom is 0.222 e. The summed E-state index contributed by atoms with van der Waals surface area (Å²) >= 11 is 0. The Morgan fingerprint density at radius 2 is 1.66 bits per heavy atom. The van der Waals surface area contributed by atoms with Gasteiger partial charge in [-0.1, -0.05) is 19.3 Å². The van der Waals surface area contributed by atoms with Gasteiger partial charge in [0.1, 0.15) is 0 Å². The van der Waals surface area contributed by atoms with Crippen LogP contribution in [0.5, 0.6) is 0 Å². The second-order valence-corrected chi connectivity index (χ2v) is 9.11. The average Bonchev–Trinajstić information content (AvgIpc) is 2.95. The highest BCUT2D eigenvalue weighted by Crippen LogP contribution is 2.28. The van der Waals surface area contributed by atoms with Crippen LogP contribution in [0.1, 0.15) is 74.7 Å². The molecule has 0 atom stereocenters. The van der Waals surface area contributed by atoms with Gasteiger partial charge in [0.05, 0.1) is 5.69 Å². The van der Waals surface area contributed by atoms with Crippen molar-refractivity contribution in [3.05, 3.63) is 17.0 Å². The van der Waals surface area contributed by atoms with Gasteiger partial charge >= 0.3 is 0 Å². The van der Waals surface area contributed by atoms with Crippen molar-refractivity contribution >= 4 is 11.8 Å². The van der Waals surface area contributed by atoms with Gasteiger partial charge in [-0.3, -0.25) is 14.3 Å². The molecule has 0 aromatic carbocycles. The lowest BCUT2D eigenvalue weighted by molar-refractivity contribution is -0.134. The fraction of sp³-hybridized carbons (Fsp3) is 0.783. The molecular formula is C23H38N4O2. The normalized spacial score (nSPS) is 18.8. The Morgan fingerprint density at radius 1 is 1.00 bits per heavy atom. The molecule has 29 heavy (non-hydrogen) atoms. The first-order valence-electron chi connectivity index (χ1n) is 11.5. The van der Waals surface area contributed by atoms with Gasteiger partial charge in [0.15, 0.2) is 0 Å². The minimum absolute atomic E-state index is 0.135. The fourth-order valence-corrected chi connectivity index (χ4v) is 4.99. The van der Waals surface area contributed by atoms with E-state index >= 15 is 0 Å². The molecule has 0 unspecified atom stereocenters. The lowest BCUT2D eigenvalue weighted by Gasteiger charge is -2.33. The molecule has 162 valence electrons. The molecule has 2 heterocycles. The number of nitrogens with zero attached hydrogens (tertiary/aromatic N) is 3. The van der Waals surface area contributed by atoms with Gasteiger partial charge < -0.3 is 10.2 Å². The molecule has 1 aromatic heterocycles. The van der Waals surface area contributed by atoms with Crippen LogP contribution in [0.25, 0.3) is 0 Å². The molecule has 0 spiro atoms. The Balaban J connectivity index is 1.33. The van der Waals surface area contributed by atoms with E-state index in [1.54, 1.807) is 0 Å². The van der Waals surface area contributed by atoms with Crippen molar-refractivity contribution in [1.82, 2.24) is 20.0 Å². The first-order chi connectivity index (χ1) is 13.9. The fourth-order valence-electron chi connectivity index (χ4n) is 4.99.